The molecule has 0 aromatic heterocycles. The Kier molecular flexibility index (Phi) is 5.55. The van der Waals surface area contributed by atoms with Crippen LogP contribution in [-0.4, -0.2) is 42.6 Å². The lowest BCUT2D eigenvalue weighted by Crippen LogP contribution is -2.42. The fraction of sp³-hybridized carbons (Fsp3) is 0.632. The molecule has 1 aromatic carbocycles. The van der Waals surface area contributed by atoms with Crippen molar-refractivity contribution in [2.24, 2.45) is 0 Å². The van der Waals surface area contributed by atoms with Crippen LogP contribution in [-0.2, 0) is 9.53 Å². The first kappa shape index (κ1) is 16.3. The molecule has 1 atom stereocenters. The van der Waals surface area contributed by atoms with Crippen LogP contribution in [0.1, 0.15) is 44.1 Å². The zero-order valence-electron chi connectivity index (χ0n) is 14.1. The maximum absolute atomic E-state index is 12.3. The van der Waals surface area contributed by atoms with E-state index in [0.717, 1.165) is 51.8 Å². The third-order valence-corrected chi connectivity index (χ3v) is 4.94. The number of anilines is 1. The Morgan fingerprint density at radius 1 is 1.30 bits per heavy atom. The van der Waals surface area contributed by atoms with Crippen LogP contribution < -0.4 is 5.32 Å². The number of aryl methyl sites for hydroxylation is 1. The molecule has 2 aliphatic heterocycles. The van der Waals surface area contributed by atoms with E-state index in [2.05, 4.69) is 36.5 Å². The summed E-state index contributed by atoms with van der Waals surface area (Å²) in [5.41, 5.74) is 2.46. The number of nitrogens with one attached hydrogen (secondary N) is 1. The van der Waals surface area contributed by atoms with E-state index >= 15 is 0 Å². The summed E-state index contributed by atoms with van der Waals surface area (Å²) >= 11 is 0. The average Bonchev–Trinajstić information content (AvgIpc) is 3.07. The maximum Gasteiger partial charge on any atom is 0.222 e. The number of ether oxygens (including phenoxy) is 1. The van der Waals surface area contributed by atoms with E-state index in [4.69, 9.17) is 4.74 Å². The fourth-order valence-corrected chi connectivity index (χ4v) is 3.56. The van der Waals surface area contributed by atoms with Crippen molar-refractivity contribution in [3.8, 4) is 0 Å². The topological polar surface area (TPSA) is 41.6 Å². The van der Waals surface area contributed by atoms with E-state index in [-0.39, 0.29) is 0 Å². The Balaban J connectivity index is 1.40. The second kappa shape index (κ2) is 7.82. The van der Waals surface area contributed by atoms with E-state index in [9.17, 15) is 4.79 Å². The Morgan fingerprint density at radius 3 is 2.83 bits per heavy atom. The molecule has 0 bridgehead atoms. The van der Waals surface area contributed by atoms with Crippen molar-refractivity contribution < 1.29 is 9.53 Å². The van der Waals surface area contributed by atoms with Gasteiger partial charge in [0, 0.05) is 37.8 Å². The third kappa shape index (κ3) is 4.71. The number of nitrogens with zero attached hydrogens (tertiary/aromatic N) is 1. The third-order valence-electron chi connectivity index (χ3n) is 4.94. The number of amides is 1. The number of piperidine rings is 1. The summed E-state index contributed by atoms with van der Waals surface area (Å²) in [5.74, 6) is 0.300. The highest BCUT2D eigenvalue weighted by molar-refractivity contribution is 5.76. The van der Waals surface area contributed by atoms with Gasteiger partial charge in [-0.2, -0.15) is 0 Å². The number of carbonyl (C=O) groups excluding carboxylic acids is 1. The van der Waals surface area contributed by atoms with Crippen molar-refractivity contribution in [1.29, 1.82) is 0 Å². The summed E-state index contributed by atoms with van der Waals surface area (Å²) in [6.07, 6.45) is 6.17. The van der Waals surface area contributed by atoms with Crippen LogP contribution in [0.4, 0.5) is 5.69 Å². The summed E-state index contributed by atoms with van der Waals surface area (Å²) < 4.78 is 5.60. The first-order valence-corrected chi connectivity index (χ1v) is 8.93. The Morgan fingerprint density at radius 2 is 2.13 bits per heavy atom. The molecule has 4 heteroatoms. The van der Waals surface area contributed by atoms with Crippen molar-refractivity contribution in [3.63, 3.8) is 0 Å². The Bertz CT molecular complexity index is 518. The second-order valence-corrected chi connectivity index (χ2v) is 6.84. The van der Waals surface area contributed by atoms with Crippen molar-refractivity contribution in [3.05, 3.63) is 29.8 Å². The molecule has 2 fully saturated rings. The van der Waals surface area contributed by atoms with Crippen molar-refractivity contribution in [1.82, 2.24) is 4.90 Å². The highest BCUT2D eigenvalue weighted by Gasteiger charge is 2.24. The van der Waals surface area contributed by atoms with Crippen LogP contribution in [0.5, 0.6) is 0 Å². The highest BCUT2D eigenvalue weighted by atomic mass is 16.5. The zero-order chi connectivity index (χ0) is 16.1. The van der Waals surface area contributed by atoms with E-state index in [1.807, 2.05) is 4.90 Å². The lowest BCUT2D eigenvalue weighted by Gasteiger charge is -2.33. The number of hydrogen-bond donors (Lipinski definition) is 1. The van der Waals surface area contributed by atoms with Crippen LogP contribution in [0.2, 0.25) is 0 Å². The summed E-state index contributed by atoms with van der Waals surface area (Å²) in [7, 11) is 0. The smallest absolute Gasteiger partial charge is 0.222 e. The highest BCUT2D eigenvalue weighted by Crippen LogP contribution is 2.20. The molecule has 3 rings (SSSR count). The summed E-state index contributed by atoms with van der Waals surface area (Å²) in [6.45, 7) is 4.72. The first-order chi connectivity index (χ1) is 11.2. The maximum atomic E-state index is 12.3. The van der Waals surface area contributed by atoms with E-state index in [1.54, 1.807) is 0 Å². The van der Waals surface area contributed by atoms with Gasteiger partial charge in [-0.1, -0.05) is 12.1 Å². The SMILES string of the molecule is Cc1cccc(NC2CCN(C(=O)CCC3CCCO3)CC2)c1. The van der Waals surface area contributed by atoms with Gasteiger partial charge < -0.3 is 15.0 Å². The van der Waals surface area contributed by atoms with Gasteiger partial charge in [0.05, 0.1) is 6.10 Å². The summed E-state index contributed by atoms with van der Waals surface area (Å²) in [6, 6.07) is 8.96. The van der Waals surface area contributed by atoms with Crippen LogP contribution >= 0.6 is 0 Å². The van der Waals surface area contributed by atoms with Gasteiger partial charge in [-0.3, -0.25) is 4.79 Å². The molecule has 1 unspecified atom stereocenters. The largest absolute Gasteiger partial charge is 0.382 e. The fourth-order valence-electron chi connectivity index (χ4n) is 3.56. The molecule has 23 heavy (non-hydrogen) atoms. The molecule has 1 aromatic rings. The van der Waals surface area contributed by atoms with Crippen molar-refractivity contribution in [2.45, 2.75) is 57.6 Å². The lowest BCUT2D eigenvalue weighted by molar-refractivity contribution is -0.132. The Hall–Kier alpha value is -1.55. The minimum absolute atomic E-state index is 0.300. The van der Waals surface area contributed by atoms with E-state index in [0.29, 0.717) is 24.5 Å². The number of carbonyl (C=O) groups is 1. The number of benzene rings is 1. The summed E-state index contributed by atoms with van der Waals surface area (Å²) in [5, 5.41) is 3.60. The molecule has 2 saturated heterocycles. The molecule has 0 aliphatic carbocycles. The predicted octanol–water partition coefficient (Wildman–Crippen LogP) is 3.36. The van der Waals surface area contributed by atoms with Crippen LogP contribution in [0.3, 0.4) is 0 Å². The van der Waals surface area contributed by atoms with Gasteiger partial charge in [0.2, 0.25) is 5.91 Å². The van der Waals surface area contributed by atoms with Crippen LogP contribution in [0.25, 0.3) is 0 Å². The van der Waals surface area contributed by atoms with Gasteiger partial charge in [-0.05, 0) is 56.7 Å². The molecule has 0 radical (unpaired) electrons. The molecular formula is C19H28N2O2. The van der Waals surface area contributed by atoms with Gasteiger partial charge >= 0.3 is 0 Å². The molecule has 2 aliphatic rings. The molecule has 0 spiro atoms. The Labute approximate surface area is 139 Å². The van der Waals surface area contributed by atoms with Crippen LogP contribution in [0, 0.1) is 6.92 Å². The predicted molar refractivity (Wildman–Crippen MR) is 92.6 cm³/mol. The molecule has 0 saturated carbocycles. The number of hydrogen-bond acceptors (Lipinski definition) is 3. The van der Waals surface area contributed by atoms with Gasteiger partial charge in [0.1, 0.15) is 0 Å². The minimum Gasteiger partial charge on any atom is -0.382 e. The van der Waals surface area contributed by atoms with Crippen molar-refractivity contribution >= 4 is 11.6 Å². The average molecular weight is 316 g/mol. The number of likely N-dealkylation sites (tertiary alicyclic amines) is 1. The van der Waals surface area contributed by atoms with Gasteiger partial charge in [-0.25, -0.2) is 0 Å². The van der Waals surface area contributed by atoms with E-state index < -0.39 is 0 Å². The van der Waals surface area contributed by atoms with Crippen molar-refractivity contribution in [2.75, 3.05) is 25.0 Å². The van der Waals surface area contributed by atoms with Crippen LogP contribution in [0.15, 0.2) is 24.3 Å². The normalized spacial score (nSPS) is 22.3. The van der Waals surface area contributed by atoms with Gasteiger partial charge in [0.25, 0.3) is 0 Å². The summed E-state index contributed by atoms with van der Waals surface area (Å²) in [4.78, 5) is 14.3. The standard InChI is InChI=1S/C19H28N2O2/c1-15-4-2-5-17(14-15)20-16-9-11-21(12-10-16)19(22)8-7-18-6-3-13-23-18/h2,4-5,14,16,18,20H,3,6-13H2,1H3. The minimum atomic E-state index is 0.300. The quantitative estimate of drug-likeness (QED) is 0.905. The van der Waals surface area contributed by atoms with E-state index in [1.165, 1.54) is 11.3 Å². The molecule has 1 amide bonds. The molecule has 2 heterocycles. The lowest BCUT2D eigenvalue weighted by atomic mass is 10.0. The van der Waals surface area contributed by atoms with Gasteiger partial charge in [0.15, 0.2) is 0 Å². The monoisotopic (exact) mass is 316 g/mol. The first-order valence-electron chi connectivity index (χ1n) is 8.93. The second-order valence-electron chi connectivity index (χ2n) is 6.84. The molecule has 4 nitrogen and oxygen atoms in total. The molecule has 1 N–H and O–H groups in total. The molecule has 126 valence electrons. The zero-order valence-corrected chi connectivity index (χ0v) is 14.1. The molecular weight excluding hydrogens is 288 g/mol. The van der Waals surface area contributed by atoms with Gasteiger partial charge in [-0.15, -0.1) is 0 Å². The number of rotatable bonds is 5.